The fourth-order valence-electron chi connectivity index (χ4n) is 2.61. The van der Waals surface area contributed by atoms with E-state index < -0.39 is 11.6 Å². The second-order valence-electron chi connectivity index (χ2n) is 5.64. The molecule has 5 heteroatoms. The van der Waals surface area contributed by atoms with Crippen LogP contribution < -0.4 is 5.32 Å². The Balaban J connectivity index is 1.85. The second-order valence-corrected chi connectivity index (χ2v) is 5.64. The highest BCUT2D eigenvalue weighted by molar-refractivity contribution is 5.38. The number of aromatic nitrogens is 2. The molecule has 1 aromatic heterocycles. The molecule has 0 atom stereocenters. The van der Waals surface area contributed by atoms with E-state index in [-0.39, 0.29) is 0 Å². The van der Waals surface area contributed by atoms with E-state index in [2.05, 4.69) is 10.4 Å². The molecular weight excluding hydrogens is 272 g/mol. The summed E-state index contributed by atoms with van der Waals surface area (Å²) in [5, 5.41) is 7.88. The van der Waals surface area contributed by atoms with Crippen molar-refractivity contribution in [2.24, 2.45) is 0 Å². The molecule has 3 nitrogen and oxygen atoms in total. The lowest BCUT2D eigenvalue weighted by Crippen LogP contribution is -2.19. The molecule has 1 aliphatic rings. The minimum absolute atomic E-state index is 0.290. The fourth-order valence-corrected chi connectivity index (χ4v) is 2.61. The third-order valence-electron chi connectivity index (χ3n) is 3.96. The van der Waals surface area contributed by atoms with Crippen molar-refractivity contribution in [1.82, 2.24) is 15.1 Å². The van der Waals surface area contributed by atoms with Gasteiger partial charge in [-0.25, -0.2) is 13.5 Å². The van der Waals surface area contributed by atoms with Crippen molar-refractivity contribution in [3.8, 4) is 5.69 Å². The zero-order valence-corrected chi connectivity index (χ0v) is 12.3. The van der Waals surface area contributed by atoms with E-state index in [1.54, 1.807) is 4.68 Å². The van der Waals surface area contributed by atoms with E-state index in [4.69, 9.17) is 0 Å². The SMILES string of the molecule is Cc1nn(-c2ccc(F)cc2F)c(C)c1CCNC1CC1. The number of aryl methyl sites for hydroxylation is 1. The van der Waals surface area contributed by atoms with Crippen LogP contribution in [-0.2, 0) is 6.42 Å². The Hall–Kier alpha value is -1.75. The molecule has 1 fully saturated rings. The standard InChI is InChI=1S/C16H19F2N3/c1-10-14(7-8-19-13-4-5-13)11(2)21(20-10)16-6-3-12(17)9-15(16)18/h3,6,9,13,19H,4-5,7-8H2,1-2H3. The van der Waals surface area contributed by atoms with Crippen LogP contribution in [0.25, 0.3) is 5.69 Å². The number of hydrogen-bond donors (Lipinski definition) is 1. The summed E-state index contributed by atoms with van der Waals surface area (Å²) in [4.78, 5) is 0. The number of hydrogen-bond acceptors (Lipinski definition) is 2. The summed E-state index contributed by atoms with van der Waals surface area (Å²) < 4.78 is 28.5. The average molecular weight is 291 g/mol. The molecule has 21 heavy (non-hydrogen) atoms. The molecule has 1 aromatic carbocycles. The van der Waals surface area contributed by atoms with E-state index in [1.807, 2.05) is 13.8 Å². The van der Waals surface area contributed by atoms with Crippen LogP contribution in [0.3, 0.4) is 0 Å². The molecule has 1 aliphatic carbocycles. The van der Waals surface area contributed by atoms with Crippen LogP contribution in [0, 0.1) is 25.5 Å². The maximum atomic E-state index is 13.9. The number of halogens is 2. The molecule has 0 aliphatic heterocycles. The molecule has 0 radical (unpaired) electrons. The van der Waals surface area contributed by atoms with Gasteiger partial charge >= 0.3 is 0 Å². The van der Waals surface area contributed by atoms with Gasteiger partial charge in [-0.1, -0.05) is 0 Å². The van der Waals surface area contributed by atoms with Crippen LogP contribution in [0.5, 0.6) is 0 Å². The van der Waals surface area contributed by atoms with Gasteiger partial charge in [-0.3, -0.25) is 0 Å². The molecule has 1 N–H and O–H groups in total. The Morgan fingerprint density at radius 2 is 2.05 bits per heavy atom. The van der Waals surface area contributed by atoms with Gasteiger partial charge in [0.2, 0.25) is 0 Å². The molecule has 3 rings (SSSR count). The minimum atomic E-state index is -0.594. The lowest BCUT2D eigenvalue weighted by molar-refractivity contribution is 0.572. The molecule has 112 valence electrons. The Kier molecular flexibility index (Phi) is 3.76. The van der Waals surface area contributed by atoms with Gasteiger partial charge < -0.3 is 5.32 Å². The minimum Gasteiger partial charge on any atom is -0.314 e. The molecule has 2 aromatic rings. The van der Waals surface area contributed by atoms with Crippen molar-refractivity contribution in [1.29, 1.82) is 0 Å². The summed E-state index contributed by atoms with van der Waals surface area (Å²) in [6.45, 7) is 4.76. The van der Waals surface area contributed by atoms with Crippen molar-refractivity contribution in [3.63, 3.8) is 0 Å². The smallest absolute Gasteiger partial charge is 0.151 e. The lowest BCUT2D eigenvalue weighted by atomic mass is 10.1. The van der Waals surface area contributed by atoms with Crippen LogP contribution in [-0.4, -0.2) is 22.4 Å². The van der Waals surface area contributed by atoms with Gasteiger partial charge in [0.25, 0.3) is 0 Å². The Morgan fingerprint density at radius 1 is 1.29 bits per heavy atom. The van der Waals surface area contributed by atoms with Crippen molar-refractivity contribution >= 4 is 0 Å². The van der Waals surface area contributed by atoms with Crippen LogP contribution >= 0.6 is 0 Å². The largest absolute Gasteiger partial charge is 0.314 e. The zero-order chi connectivity index (χ0) is 15.0. The molecular formula is C16H19F2N3. The van der Waals surface area contributed by atoms with Crippen LogP contribution in [0.4, 0.5) is 8.78 Å². The third kappa shape index (κ3) is 2.97. The summed E-state index contributed by atoms with van der Waals surface area (Å²) in [5.41, 5.74) is 3.23. The molecule has 0 spiro atoms. The van der Waals surface area contributed by atoms with E-state index in [0.29, 0.717) is 11.7 Å². The molecule has 1 heterocycles. The van der Waals surface area contributed by atoms with Crippen LogP contribution in [0.2, 0.25) is 0 Å². The summed E-state index contributed by atoms with van der Waals surface area (Å²) in [5.74, 6) is -1.17. The van der Waals surface area contributed by atoms with Gasteiger partial charge in [-0.05, 0) is 57.4 Å². The summed E-state index contributed by atoms with van der Waals surface area (Å²) >= 11 is 0. The van der Waals surface area contributed by atoms with E-state index >= 15 is 0 Å². The summed E-state index contributed by atoms with van der Waals surface area (Å²) in [6.07, 6.45) is 3.40. The van der Waals surface area contributed by atoms with E-state index in [9.17, 15) is 8.78 Å². The van der Waals surface area contributed by atoms with E-state index in [1.165, 1.54) is 25.0 Å². The molecule has 0 amide bonds. The van der Waals surface area contributed by atoms with Crippen molar-refractivity contribution in [3.05, 3.63) is 46.8 Å². The first-order valence-corrected chi connectivity index (χ1v) is 7.30. The van der Waals surface area contributed by atoms with Gasteiger partial charge in [0.1, 0.15) is 11.5 Å². The highest BCUT2D eigenvalue weighted by Gasteiger charge is 2.21. The number of nitrogens with one attached hydrogen (secondary N) is 1. The number of nitrogens with zero attached hydrogens (tertiary/aromatic N) is 2. The zero-order valence-electron chi connectivity index (χ0n) is 12.3. The first-order valence-electron chi connectivity index (χ1n) is 7.30. The Labute approximate surface area is 123 Å². The van der Waals surface area contributed by atoms with Gasteiger partial charge in [-0.2, -0.15) is 5.10 Å². The normalized spacial score (nSPS) is 14.7. The third-order valence-corrected chi connectivity index (χ3v) is 3.96. The predicted octanol–water partition coefficient (Wildman–Crippen LogP) is 3.06. The molecule has 0 bridgehead atoms. The topological polar surface area (TPSA) is 29.9 Å². The van der Waals surface area contributed by atoms with Gasteiger partial charge in [0.05, 0.1) is 5.69 Å². The monoisotopic (exact) mass is 291 g/mol. The molecule has 0 unspecified atom stereocenters. The van der Waals surface area contributed by atoms with Gasteiger partial charge in [-0.15, -0.1) is 0 Å². The van der Waals surface area contributed by atoms with Gasteiger partial charge in [0, 0.05) is 17.8 Å². The molecule has 1 saturated carbocycles. The summed E-state index contributed by atoms with van der Waals surface area (Å²) in [6, 6.07) is 4.25. The van der Waals surface area contributed by atoms with Crippen molar-refractivity contribution in [2.75, 3.05) is 6.54 Å². The highest BCUT2D eigenvalue weighted by Crippen LogP contribution is 2.22. The number of benzene rings is 1. The average Bonchev–Trinajstić information content (AvgIpc) is 3.20. The van der Waals surface area contributed by atoms with Crippen molar-refractivity contribution < 1.29 is 8.78 Å². The first-order chi connectivity index (χ1) is 10.1. The highest BCUT2D eigenvalue weighted by atomic mass is 19.1. The maximum absolute atomic E-state index is 13.9. The Bertz CT molecular complexity index is 660. The Morgan fingerprint density at radius 3 is 2.71 bits per heavy atom. The van der Waals surface area contributed by atoms with E-state index in [0.717, 1.165) is 36.0 Å². The summed E-state index contributed by atoms with van der Waals surface area (Å²) in [7, 11) is 0. The lowest BCUT2D eigenvalue weighted by Gasteiger charge is -2.07. The number of rotatable bonds is 5. The van der Waals surface area contributed by atoms with Crippen molar-refractivity contribution in [2.45, 2.75) is 39.2 Å². The predicted molar refractivity (Wildman–Crippen MR) is 77.7 cm³/mol. The quantitative estimate of drug-likeness (QED) is 0.917. The van der Waals surface area contributed by atoms with Gasteiger partial charge in [0.15, 0.2) is 5.82 Å². The second kappa shape index (κ2) is 5.56. The molecule has 0 saturated heterocycles. The maximum Gasteiger partial charge on any atom is 0.151 e. The van der Waals surface area contributed by atoms with Crippen LogP contribution in [0.15, 0.2) is 18.2 Å². The first kappa shape index (κ1) is 14.2. The van der Waals surface area contributed by atoms with Crippen LogP contribution in [0.1, 0.15) is 29.8 Å². The fraction of sp³-hybridized carbons (Fsp3) is 0.438.